The number of hydrogen-bond donors (Lipinski definition) is 1. The zero-order chi connectivity index (χ0) is 16.0. The first-order valence-electron chi connectivity index (χ1n) is 7.12. The van der Waals surface area contributed by atoms with Crippen LogP contribution in [-0.2, 0) is 9.59 Å². The molecule has 1 amide bonds. The number of carbonyl (C=O) groups is 2. The summed E-state index contributed by atoms with van der Waals surface area (Å²) in [5.74, 6) is -1.94. The minimum Gasteiger partial charge on any atom is -0.480 e. The van der Waals surface area contributed by atoms with E-state index in [0.29, 0.717) is 12.0 Å². The summed E-state index contributed by atoms with van der Waals surface area (Å²) in [5.41, 5.74) is 0.477. The Labute approximate surface area is 124 Å². The Hall–Kier alpha value is -1.91. The van der Waals surface area contributed by atoms with Gasteiger partial charge >= 0.3 is 5.97 Å². The molecule has 1 rings (SSSR count). The van der Waals surface area contributed by atoms with Crippen molar-refractivity contribution in [3.8, 4) is 0 Å². The first kappa shape index (κ1) is 17.1. The van der Waals surface area contributed by atoms with E-state index in [4.69, 9.17) is 5.11 Å². The van der Waals surface area contributed by atoms with Crippen molar-refractivity contribution in [3.05, 3.63) is 35.6 Å². The van der Waals surface area contributed by atoms with Crippen LogP contribution in [0.1, 0.15) is 45.1 Å². The number of nitrogens with zero attached hydrogens (tertiary/aromatic N) is 1. The quantitative estimate of drug-likeness (QED) is 0.841. The third kappa shape index (κ3) is 4.85. The number of hydrogen-bond acceptors (Lipinski definition) is 2. The summed E-state index contributed by atoms with van der Waals surface area (Å²) in [7, 11) is 0. The van der Waals surface area contributed by atoms with Gasteiger partial charge in [-0.15, -0.1) is 0 Å². The van der Waals surface area contributed by atoms with E-state index in [9.17, 15) is 14.0 Å². The van der Waals surface area contributed by atoms with Gasteiger partial charge in [0.1, 0.15) is 12.4 Å². The standard InChI is InChI=1S/C16H22FNO3/c1-4-12(3)18(10-16(20)21)15(19)9-11(2)13-7-5-6-8-14(13)17/h5-8,11-12H,4,9-10H2,1-3H3,(H,20,21). The van der Waals surface area contributed by atoms with E-state index >= 15 is 0 Å². The molecule has 0 saturated carbocycles. The zero-order valence-corrected chi connectivity index (χ0v) is 12.7. The number of amides is 1. The fraction of sp³-hybridized carbons (Fsp3) is 0.500. The van der Waals surface area contributed by atoms with Gasteiger partial charge in [0.05, 0.1) is 0 Å². The molecule has 21 heavy (non-hydrogen) atoms. The number of rotatable bonds is 7. The Balaban J connectivity index is 2.81. The van der Waals surface area contributed by atoms with Crippen LogP contribution < -0.4 is 0 Å². The first-order valence-corrected chi connectivity index (χ1v) is 7.12. The van der Waals surface area contributed by atoms with Crippen LogP contribution in [0.3, 0.4) is 0 Å². The van der Waals surface area contributed by atoms with Gasteiger partial charge in [0.15, 0.2) is 0 Å². The highest BCUT2D eigenvalue weighted by atomic mass is 19.1. The molecule has 4 nitrogen and oxygen atoms in total. The Morgan fingerprint density at radius 2 is 1.90 bits per heavy atom. The maximum absolute atomic E-state index is 13.7. The van der Waals surface area contributed by atoms with Crippen LogP contribution in [0, 0.1) is 5.82 Å². The maximum atomic E-state index is 13.7. The van der Waals surface area contributed by atoms with Gasteiger partial charge < -0.3 is 10.0 Å². The zero-order valence-electron chi connectivity index (χ0n) is 12.7. The molecule has 0 aliphatic heterocycles. The minimum absolute atomic E-state index is 0.0958. The average Bonchev–Trinajstić information content (AvgIpc) is 2.43. The van der Waals surface area contributed by atoms with Gasteiger partial charge in [-0.25, -0.2) is 4.39 Å². The number of halogens is 1. The molecule has 2 unspecified atom stereocenters. The molecule has 0 aliphatic carbocycles. The fourth-order valence-electron chi connectivity index (χ4n) is 2.22. The summed E-state index contributed by atoms with van der Waals surface area (Å²) in [6, 6.07) is 6.19. The van der Waals surface area contributed by atoms with Crippen molar-refractivity contribution >= 4 is 11.9 Å². The second-order valence-corrected chi connectivity index (χ2v) is 5.30. The first-order chi connectivity index (χ1) is 9.86. The third-order valence-corrected chi connectivity index (χ3v) is 3.67. The predicted molar refractivity (Wildman–Crippen MR) is 78.5 cm³/mol. The topological polar surface area (TPSA) is 57.6 Å². The number of benzene rings is 1. The van der Waals surface area contributed by atoms with E-state index in [2.05, 4.69) is 0 Å². The minimum atomic E-state index is -1.04. The number of carbonyl (C=O) groups excluding carboxylic acids is 1. The van der Waals surface area contributed by atoms with Crippen LogP contribution in [-0.4, -0.2) is 34.5 Å². The van der Waals surface area contributed by atoms with E-state index in [0.717, 1.165) is 0 Å². The van der Waals surface area contributed by atoms with Crippen molar-refractivity contribution in [2.75, 3.05) is 6.54 Å². The largest absolute Gasteiger partial charge is 0.480 e. The molecule has 5 heteroatoms. The van der Waals surface area contributed by atoms with Crippen molar-refractivity contribution in [1.82, 2.24) is 4.90 Å². The Morgan fingerprint density at radius 1 is 1.29 bits per heavy atom. The highest BCUT2D eigenvalue weighted by Crippen LogP contribution is 2.23. The maximum Gasteiger partial charge on any atom is 0.323 e. The van der Waals surface area contributed by atoms with Gasteiger partial charge in [-0.1, -0.05) is 32.0 Å². The molecule has 0 radical (unpaired) electrons. The van der Waals surface area contributed by atoms with Crippen LogP contribution in [0.15, 0.2) is 24.3 Å². The molecule has 0 fully saturated rings. The SMILES string of the molecule is CCC(C)N(CC(=O)O)C(=O)CC(C)c1ccccc1F. The van der Waals surface area contributed by atoms with Gasteiger partial charge in [-0.2, -0.15) is 0 Å². The van der Waals surface area contributed by atoms with Crippen LogP contribution >= 0.6 is 0 Å². The second kappa shape index (κ2) is 7.76. The molecule has 2 atom stereocenters. The van der Waals surface area contributed by atoms with Gasteiger partial charge in [-0.05, 0) is 30.9 Å². The van der Waals surface area contributed by atoms with E-state index < -0.39 is 5.97 Å². The highest BCUT2D eigenvalue weighted by Gasteiger charge is 2.24. The Bertz CT molecular complexity index is 504. The lowest BCUT2D eigenvalue weighted by molar-refractivity contribution is -0.146. The van der Waals surface area contributed by atoms with Crippen LogP contribution in [0.4, 0.5) is 4.39 Å². The monoisotopic (exact) mass is 295 g/mol. The predicted octanol–water partition coefficient (Wildman–Crippen LogP) is 3.03. The normalized spacial score (nSPS) is 13.5. The summed E-state index contributed by atoms with van der Waals surface area (Å²) >= 11 is 0. The van der Waals surface area contributed by atoms with Crippen LogP contribution in [0.2, 0.25) is 0 Å². The average molecular weight is 295 g/mol. The van der Waals surface area contributed by atoms with Crippen LogP contribution in [0.25, 0.3) is 0 Å². The summed E-state index contributed by atoms with van der Waals surface area (Å²) in [5, 5.41) is 8.92. The summed E-state index contributed by atoms with van der Waals surface area (Å²) in [6.07, 6.45) is 0.769. The summed E-state index contributed by atoms with van der Waals surface area (Å²) in [6.45, 7) is 5.16. The third-order valence-electron chi connectivity index (χ3n) is 3.67. The Morgan fingerprint density at radius 3 is 2.43 bits per heavy atom. The van der Waals surface area contributed by atoms with Crippen molar-refractivity contribution in [1.29, 1.82) is 0 Å². The molecule has 1 aromatic carbocycles. The summed E-state index contributed by atoms with van der Waals surface area (Å²) < 4.78 is 13.7. The van der Waals surface area contributed by atoms with Gasteiger partial charge in [0.25, 0.3) is 0 Å². The molecule has 1 N–H and O–H groups in total. The van der Waals surface area contributed by atoms with Crippen molar-refractivity contribution in [2.24, 2.45) is 0 Å². The lowest BCUT2D eigenvalue weighted by atomic mass is 9.96. The van der Waals surface area contributed by atoms with Crippen molar-refractivity contribution in [2.45, 2.75) is 45.6 Å². The molecule has 0 aliphatic rings. The Kier molecular flexibility index (Phi) is 6.34. The van der Waals surface area contributed by atoms with Crippen molar-refractivity contribution in [3.63, 3.8) is 0 Å². The molecule has 0 saturated heterocycles. The smallest absolute Gasteiger partial charge is 0.323 e. The number of carboxylic acids is 1. The molecule has 0 bridgehead atoms. The van der Waals surface area contributed by atoms with E-state index in [-0.39, 0.29) is 36.6 Å². The molecule has 0 aromatic heterocycles. The molecule has 0 spiro atoms. The summed E-state index contributed by atoms with van der Waals surface area (Å²) in [4.78, 5) is 24.6. The van der Waals surface area contributed by atoms with E-state index in [1.165, 1.54) is 11.0 Å². The molecule has 116 valence electrons. The number of aliphatic carboxylic acids is 1. The van der Waals surface area contributed by atoms with Crippen LogP contribution in [0.5, 0.6) is 0 Å². The molecule has 0 heterocycles. The van der Waals surface area contributed by atoms with Crippen molar-refractivity contribution < 1.29 is 19.1 Å². The van der Waals surface area contributed by atoms with E-state index in [1.807, 2.05) is 13.8 Å². The number of carboxylic acid groups (broad SMARTS) is 1. The highest BCUT2D eigenvalue weighted by molar-refractivity contribution is 5.82. The molecule has 1 aromatic rings. The van der Waals surface area contributed by atoms with Gasteiger partial charge in [-0.3, -0.25) is 9.59 Å². The van der Waals surface area contributed by atoms with Gasteiger partial charge in [0, 0.05) is 12.5 Å². The lowest BCUT2D eigenvalue weighted by Gasteiger charge is -2.28. The molecular formula is C16H22FNO3. The lowest BCUT2D eigenvalue weighted by Crippen LogP contribution is -2.42. The van der Waals surface area contributed by atoms with Gasteiger partial charge in [0.2, 0.25) is 5.91 Å². The van der Waals surface area contributed by atoms with E-state index in [1.54, 1.807) is 25.1 Å². The second-order valence-electron chi connectivity index (χ2n) is 5.30. The fourth-order valence-corrected chi connectivity index (χ4v) is 2.22. The molecular weight excluding hydrogens is 273 g/mol.